The van der Waals surface area contributed by atoms with Crippen LogP contribution in [0.4, 0.5) is 0 Å². The Balaban J connectivity index is 1.81. The Bertz CT molecular complexity index is 1090. The lowest BCUT2D eigenvalue weighted by Gasteiger charge is -2.35. The van der Waals surface area contributed by atoms with Gasteiger partial charge in [-0.05, 0) is 61.6 Å². The highest BCUT2D eigenvalue weighted by atomic mass is 35.5. The van der Waals surface area contributed by atoms with Gasteiger partial charge in [0, 0.05) is 29.2 Å². The third kappa shape index (κ3) is 3.92. The second-order valence-electron chi connectivity index (χ2n) is 7.55. The summed E-state index contributed by atoms with van der Waals surface area (Å²) in [7, 11) is 0. The minimum atomic E-state index is -0.295. The van der Waals surface area contributed by atoms with Gasteiger partial charge in [0.2, 0.25) is 0 Å². The fourth-order valence-corrected chi connectivity index (χ4v) is 4.25. The number of halogens is 1. The van der Waals surface area contributed by atoms with Crippen molar-refractivity contribution in [2.75, 3.05) is 6.54 Å². The molecule has 0 spiro atoms. The van der Waals surface area contributed by atoms with Crippen molar-refractivity contribution in [2.24, 2.45) is 0 Å². The van der Waals surface area contributed by atoms with Crippen LogP contribution < -0.4 is 5.56 Å². The number of nitrogens with zero attached hydrogens (tertiary/aromatic N) is 3. The topological polar surface area (TPSA) is 55.2 Å². The van der Waals surface area contributed by atoms with Gasteiger partial charge in [-0.1, -0.05) is 30.7 Å². The molecule has 150 valence electrons. The summed E-state index contributed by atoms with van der Waals surface area (Å²) in [6, 6.07) is 13.0. The highest BCUT2D eigenvalue weighted by molar-refractivity contribution is 6.30. The maximum Gasteiger partial charge on any atom is 0.265 e. The van der Waals surface area contributed by atoms with Crippen molar-refractivity contribution in [3.63, 3.8) is 0 Å². The maximum atomic E-state index is 13.4. The van der Waals surface area contributed by atoms with Gasteiger partial charge in [0.1, 0.15) is 11.2 Å². The van der Waals surface area contributed by atoms with E-state index in [1.807, 2.05) is 29.2 Å². The Kier molecular flexibility index (Phi) is 5.67. The first-order chi connectivity index (χ1) is 14.1. The molecular weight excluding hydrogens is 386 g/mol. The van der Waals surface area contributed by atoms with Gasteiger partial charge >= 0.3 is 0 Å². The van der Waals surface area contributed by atoms with E-state index in [2.05, 4.69) is 11.9 Å². The minimum Gasteiger partial charge on any atom is -0.336 e. The molecule has 6 heteroatoms. The molecule has 3 heterocycles. The molecule has 1 atom stereocenters. The summed E-state index contributed by atoms with van der Waals surface area (Å²) in [5.41, 5.74) is 1.43. The summed E-state index contributed by atoms with van der Waals surface area (Å²) in [5.74, 6) is -0.169. The van der Waals surface area contributed by atoms with Crippen molar-refractivity contribution in [1.82, 2.24) is 14.5 Å². The van der Waals surface area contributed by atoms with Gasteiger partial charge in [-0.15, -0.1) is 0 Å². The monoisotopic (exact) mass is 409 g/mol. The summed E-state index contributed by atoms with van der Waals surface area (Å²) in [4.78, 5) is 33.0. The standard InChI is InChI=1S/C23H24ClN3O2/c1-2-19-7-3-4-13-26(19)22(28)20-14-17-6-5-12-25-21(17)27(23(20)29)15-16-8-10-18(24)11-9-16/h5-6,8-12,14,19H,2-4,7,13,15H2,1H3. The van der Waals surface area contributed by atoms with E-state index in [4.69, 9.17) is 11.6 Å². The van der Waals surface area contributed by atoms with E-state index in [0.29, 0.717) is 23.8 Å². The normalized spacial score (nSPS) is 16.9. The number of rotatable bonds is 4. The largest absolute Gasteiger partial charge is 0.336 e. The second-order valence-corrected chi connectivity index (χ2v) is 7.98. The van der Waals surface area contributed by atoms with Crippen LogP contribution >= 0.6 is 11.6 Å². The van der Waals surface area contributed by atoms with Crippen LogP contribution in [0.25, 0.3) is 11.0 Å². The van der Waals surface area contributed by atoms with Gasteiger partial charge in [0.15, 0.2) is 0 Å². The summed E-state index contributed by atoms with van der Waals surface area (Å²) < 4.78 is 1.59. The lowest BCUT2D eigenvalue weighted by Crippen LogP contribution is -2.45. The quantitative estimate of drug-likeness (QED) is 0.637. The second kappa shape index (κ2) is 8.37. The molecule has 0 saturated carbocycles. The summed E-state index contributed by atoms with van der Waals surface area (Å²) in [5, 5.41) is 1.43. The van der Waals surface area contributed by atoms with E-state index in [1.165, 1.54) is 0 Å². The van der Waals surface area contributed by atoms with E-state index in [0.717, 1.165) is 36.6 Å². The molecular formula is C23H24ClN3O2. The van der Waals surface area contributed by atoms with Gasteiger partial charge in [0.25, 0.3) is 11.5 Å². The zero-order chi connectivity index (χ0) is 20.4. The first-order valence-electron chi connectivity index (χ1n) is 10.1. The lowest BCUT2D eigenvalue weighted by molar-refractivity contribution is 0.0606. The Morgan fingerprint density at radius 1 is 1.21 bits per heavy atom. The van der Waals surface area contributed by atoms with Crippen LogP contribution in [-0.4, -0.2) is 32.9 Å². The smallest absolute Gasteiger partial charge is 0.265 e. The number of carbonyl (C=O) groups excluding carboxylic acids is 1. The van der Waals surface area contributed by atoms with Gasteiger partial charge in [-0.2, -0.15) is 0 Å². The van der Waals surface area contributed by atoms with Crippen molar-refractivity contribution in [3.05, 3.63) is 75.2 Å². The molecule has 5 nitrogen and oxygen atoms in total. The predicted octanol–water partition coefficient (Wildman–Crippen LogP) is 4.50. The molecule has 0 bridgehead atoms. The van der Waals surface area contributed by atoms with Crippen LogP contribution in [0.15, 0.2) is 53.5 Å². The first kappa shape index (κ1) is 19.6. The van der Waals surface area contributed by atoms with Crippen LogP contribution in [0.2, 0.25) is 5.02 Å². The predicted molar refractivity (Wildman–Crippen MR) is 116 cm³/mol. The number of hydrogen-bond donors (Lipinski definition) is 0. The number of benzene rings is 1. The van der Waals surface area contributed by atoms with Crippen LogP contribution in [-0.2, 0) is 6.54 Å². The van der Waals surface area contributed by atoms with Crippen molar-refractivity contribution in [2.45, 2.75) is 45.2 Å². The molecule has 1 fully saturated rings. The van der Waals surface area contributed by atoms with Crippen LogP contribution in [0, 0.1) is 0 Å². The number of amides is 1. The fraction of sp³-hybridized carbons (Fsp3) is 0.348. The van der Waals surface area contributed by atoms with Crippen LogP contribution in [0.1, 0.15) is 48.5 Å². The third-order valence-corrected chi connectivity index (χ3v) is 5.94. The Labute approximate surface area is 174 Å². The molecule has 1 unspecified atom stereocenters. The van der Waals surface area contributed by atoms with Crippen molar-refractivity contribution in [3.8, 4) is 0 Å². The number of aromatic nitrogens is 2. The summed E-state index contributed by atoms with van der Waals surface area (Å²) >= 11 is 5.99. The van der Waals surface area contributed by atoms with Crippen molar-refractivity contribution >= 4 is 28.5 Å². The lowest BCUT2D eigenvalue weighted by atomic mass is 9.99. The maximum absolute atomic E-state index is 13.4. The zero-order valence-corrected chi connectivity index (χ0v) is 17.2. The van der Waals surface area contributed by atoms with Crippen molar-refractivity contribution < 1.29 is 4.79 Å². The number of hydrogen-bond acceptors (Lipinski definition) is 3. The average molecular weight is 410 g/mol. The van der Waals surface area contributed by atoms with Crippen molar-refractivity contribution in [1.29, 1.82) is 0 Å². The van der Waals surface area contributed by atoms with E-state index in [9.17, 15) is 9.59 Å². The molecule has 1 saturated heterocycles. The van der Waals surface area contributed by atoms with Gasteiger partial charge in [-0.3, -0.25) is 14.2 Å². The fourth-order valence-electron chi connectivity index (χ4n) is 4.13. The molecule has 29 heavy (non-hydrogen) atoms. The number of likely N-dealkylation sites (tertiary alicyclic amines) is 1. The number of fused-ring (bicyclic) bond motifs is 1. The van der Waals surface area contributed by atoms with Crippen LogP contribution in [0.3, 0.4) is 0 Å². The SMILES string of the molecule is CCC1CCCCN1C(=O)c1cc2cccnc2n(Cc2ccc(Cl)cc2)c1=O. The highest BCUT2D eigenvalue weighted by Crippen LogP contribution is 2.22. The molecule has 1 aromatic carbocycles. The van der Waals surface area contributed by atoms with Gasteiger partial charge < -0.3 is 4.90 Å². The molecule has 1 aliphatic rings. The number of carbonyl (C=O) groups is 1. The highest BCUT2D eigenvalue weighted by Gasteiger charge is 2.28. The van der Waals surface area contributed by atoms with Crippen LogP contribution in [0.5, 0.6) is 0 Å². The van der Waals surface area contributed by atoms with E-state index in [1.54, 1.807) is 29.0 Å². The van der Waals surface area contributed by atoms with Gasteiger partial charge in [0.05, 0.1) is 6.54 Å². The van der Waals surface area contributed by atoms with Gasteiger partial charge in [-0.25, -0.2) is 4.98 Å². The number of pyridine rings is 2. The van der Waals surface area contributed by atoms with E-state index in [-0.39, 0.29) is 23.1 Å². The zero-order valence-electron chi connectivity index (χ0n) is 16.5. The Morgan fingerprint density at radius 3 is 2.76 bits per heavy atom. The van der Waals surface area contributed by atoms with E-state index < -0.39 is 0 Å². The number of piperidine rings is 1. The first-order valence-corrected chi connectivity index (χ1v) is 10.5. The van der Waals surface area contributed by atoms with E-state index >= 15 is 0 Å². The summed E-state index contributed by atoms with van der Waals surface area (Å²) in [6.45, 7) is 3.14. The minimum absolute atomic E-state index is 0.169. The molecule has 0 N–H and O–H groups in total. The molecule has 0 radical (unpaired) electrons. The molecule has 4 rings (SSSR count). The molecule has 1 aliphatic heterocycles. The molecule has 2 aromatic heterocycles. The molecule has 3 aromatic rings. The average Bonchev–Trinajstić information content (AvgIpc) is 2.76. The Hall–Kier alpha value is -2.66. The third-order valence-electron chi connectivity index (χ3n) is 5.69. The molecule has 1 amide bonds. The Morgan fingerprint density at radius 2 is 2.00 bits per heavy atom. The summed E-state index contributed by atoms with van der Waals surface area (Å²) in [6.07, 6.45) is 5.68. The molecule has 0 aliphatic carbocycles.